The van der Waals surface area contributed by atoms with Crippen LogP contribution >= 0.6 is 12.2 Å². The lowest BCUT2D eigenvalue weighted by Crippen LogP contribution is -2.32. The zero-order valence-electron chi connectivity index (χ0n) is 12.6. The quantitative estimate of drug-likeness (QED) is 0.411. The second kappa shape index (κ2) is 10.0. The Morgan fingerprint density at radius 2 is 2.05 bits per heavy atom. The molecule has 0 saturated carbocycles. The van der Waals surface area contributed by atoms with E-state index in [0.29, 0.717) is 11.7 Å². The molecule has 1 aliphatic rings. The Kier molecular flexibility index (Phi) is 9.22. The predicted octanol–water partition coefficient (Wildman–Crippen LogP) is -1.47. The minimum atomic E-state index is -1.29. The normalized spacial score (nSPS) is 15.2. The van der Waals surface area contributed by atoms with Gasteiger partial charge in [0, 0.05) is 6.54 Å². The molecule has 5 N–H and O–H groups in total. The third-order valence-electron chi connectivity index (χ3n) is 2.61. The van der Waals surface area contributed by atoms with Crippen LogP contribution in [0.25, 0.3) is 0 Å². The van der Waals surface area contributed by atoms with Crippen molar-refractivity contribution in [3.63, 3.8) is 0 Å². The molecular formula is C12H22N4O5S. The number of nitrogens with one attached hydrogen (secondary N) is 1. The van der Waals surface area contributed by atoms with E-state index in [9.17, 15) is 14.4 Å². The van der Waals surface area contributed by atoms with Gasteiger partial charge in [0.05, 0.1) is 13.0 Å². The van der Waals surface area contributed by atoms with Crippen molar-refractivity contribution in [1.29, 1.82) is 0 Å². The van der Waals surface area contributed by atoms with E-state index in [-0.39, 0.29) is 5.91 Å². The van der Waals surface area contributed by atoms with Crippen molar-refractivity contribution in [2.75, 3.05) is 33.7 Å². The second-order valence-corrected chi connectivity index (χ2v) is 5.36. The largest absolute Gasteiger partial charge is 0.481 e. The van der Waals surface area contributed by atoms with Crippen LogP contribution in [-0.2, 0) is 14.4 Å². The summed E-state index contributed by atoms with van der Waals surface area (Å²) in [6, 6.07) is -1.29. The maximum Gasteiger partial charge on any atom is 0.321 e. The number of hydrogen-bond donors (Lipinski definition) is 4. The Bertz CT molecular complexity index is 430. The molecule has 9 nitrogen and oxygen atoms in total. The third kappa shape index (κ3) is 9.21. The van der Waals surface area contributed by atoms with Gasteiger partial charge in [0.25, 0.3) is 0 Å². The number of carboxylic acids is 2. The third-order valence-corrected chi connectivity index (χ3v) is 2.97. The minimum absolute atomic E-state index is 0.00912. The zero-order valence-corrected chi connectivity index (χ0v) is 13.4. The smallest absolute Gasteiger partial charge is 0.321 e. The number of carboxylic acid groups (broad SMARTS) is 2. The van der Waals surface area contributed by atoms with E-state index in [1.165, 1.54) is 0 Å². The molecule has 126 valence electrons. The Balaban J connectivity index is 0.000000433. The van der Waals surface area contributed by atoms with Crippen LogP contribution in [0.5, 0.6) is 0 Å². The summed E-state index contributed by atoms with van der Waals surface area (Å²) in [7, 11) is 4.07. The van der Waals surface area contributed by atoms with Gasteiger partial charge in [-0.25, -0.2) is 0 Å². The standard InChI is InChI=1S/C8H15N3OS.C4H7NO4/c1-10(2)4-3-5-11-6-7(12)9-8(11)13;5-2(4(8)9)1-3(6)7/h3-6H2,1-2H3,(H,9,12,13);2H,1,5H2,(H,6,7)(H,8,9)/t;2-/m.0/s1. The molecule has 1 atom stereocenters. The number of thiocarbonyl (C=S) groups is 1. The van der Waals surface area contributed by atoms with E-state index < -0.39 is 24.4 Å². The van der Waals surface area contributed by atoms with E-state index >= 15 is 0 Å². The van der Waals surface area contributed by atoms with Gasteiger partial charge in [0.1, 0.15) is 6.04 Å². The van der Waals surface area contributed by atoms with Crippen LogP contribution in [0.3, 0.4) is 0 Å². The lowest BCUT2D eigenvalue weighted by Gasteiger charge is -2.16. The molecule has 1 fully saturated rings. The van der Waals surface area contributed by atoms with Crippen LogP contribution < -0.4 is 11.1 Å². The summed E-state index contributed by atoms with van der Waals surface area (Å²) in [5.74, 6) is -2.49. The SMILES string of the molecule is CN(C)CCCN1CC(=O)NC1=S.N[C@@H](CC(=O)O)C(=O)O. The van der Waals surface area contributed by atoms with Crippen LogP contribution in [0.15, 0.2) is 0 Å². The van der Waals surface area contributed by atoms with E-state index in [2.05, 4.69) is 10.2 Å². The maximum absolute atomic E-state index is 10.9. The molecule has 22 heavy (non-hydrogen) atoms. The number of amides is 1. The summed E-state index contributed by atoms with van der Waals surface area (Å²) in [5.41, 5.74) is 4.84. The average Bonchev–Trinajstić information content (AvgIpc) is 2.67. The minimum Gasteiger partial charge on any atom is -0.481 e. The van der Waals surface area contributed by atoms with Crippen molar-refractivity contribution in [3.8, 4) is 0 Å². The highest BCUT2D eigenvalue weighted by Crippen LogP contribution is 1.99. The van der Waals surface area contributed by atoms with E-state index in [1.807, 2.05) is 19.0 Å². The van der Waals surface area contributed by atoms with Crippen LogP contribution in [0, 0.1) is 0 Å². The van der Waals surface area contributed by atoms with Gasteiger partial charge in [-0.05, 0) is 39.3 Å². The van der Waals surface area contributed by atoms with Crippen molar-refractivity contribution >= 4 is 35.2 Å². The summed E-state index contributed by atoms with van der Waals surface area (Å²) < 4.78 is 0. The van der Waals surface area contributed by atoms with Crippen molar-refractivity contribution in [2.24, 2.45) is 5.73 Å². The first-order valence-corrected chi connectivity index (χ1v) is 6.98. The fourth-order valence-corrected chi connectivity index (χ4v) is 1.79. The van der Waals surface area contributed by atoms with Gasteiger partial charge in [0.2, 0.25) is 5.91 Å². The van der Waals surface area contributed by atoms with Gasteiger partial charge in [-0.15, -0.1) is 0 Å². The molecule has 1 saturated heterocycles. The molecule has 0 unspecified atom stereocenters. The average molecular weight is 334 g/mol. The summed E-state index contributed by atoms with van der Waals surface area (Å²) in [6.07, 6.45) is 0.497. The van der Waals surface area contributed by atoms with Crippen molar-refractivity contribution in [1.82, 2.24) is 15.1 Å². The molecule has 0 aromatic heterocycles. The fourth-order valence-electron chi connectivity index (χ4n) is 1.52. The number of rotatable bonds is 7. The van der Waals surface area contributed by atoms with Gasteiger partial charge in [-0.1, -0.05) is 0 Å². The van der Waals surface area contributed by atoms with Gasteiger partial charge in [0.15, 0.2) is 5.11 Å². The van der Waals surface area contributed by atoms with Crippen molar-refractivity contribution in [2.45, 2.75) is 18.9 Å². The second-order valence-electron chi connectivity index (χ2n) is 4.97. The number of carbonyl (C=O) groups is 3. The Labute approximate surface area is 134 Å². The number of nitrogens with two attached hydrogens (primary N) is 1. The fraction of sp³-hybridized carbons (Fsp3) is 0.667. The first-order valence-electron chi connectivity index (χ1n) is 6.57. The topological polar surface area (TPSA) is 136 Å². The van der Waals surface area contributed by atoms with Gasteiger partial charge in [-0.3, -0.25) is 14.4 Å². The van der Waals surface area contributed by atoms with Gasteiger partial charge < -0.3 is 31.1 Å². The summed E-state index contributed by atoms with van der Waals surface area (Å²) in [6.45, 7) is 2.30. The molecule has 10 heteroatoms. The molecule has 1 heterocycles. The summed E-state index contributed by atoms with van der Waals surface area (Å²) in [5, 5.41) is 19.2. The molecule has 0 aliphatic carbocycles. The molecule has 0 radical (unpaired) electrons. The molecule has 0 aromatic carbocycles. The Morgan fingerprint density at radius 3 is 2.36 bits per heavy atom. The van der Waals surface area contributed by atoms with E-state index in [1.54, 1.807) is 0 Å². The molecule has 1 rings (SSSR count). The highest BCUT2D eigenvalue weighted by molar-refractivity contribution is 7.80. The van der Waals surface area contributed by atoms with Crippen molar-refractivity contribution < 1.29 is 24.6 Å². The lowest BCUT2D eigenvalue weighted by molar-refractivity contribution is -0.144. The first-order chi connectivity index (χ1) is 10.1. The van der Waals surface area contributed by atoms with Gasteiger partial charge in [-0.2, -0.15) is 0 Å². The summed E-state index contributed by atoms with van der Waals surface area (Å²) >= 11 is 4.98. The molecular weight excluding hydrogens is 312 g/mol. The van der Waals surface area contributed by atoms with E-state index in [0.717, 1.165) is 19.5 Å². The number of hydrogen-bond acceptors (Lipinski definition) is 6. The van der Waals surface area contributed by atoms with Gasteiger partial charge >= 0.3 is 11.9 Å². The van der Waals surface area contributed by atoms with Crippen molar-refractivity contribution in [3.05, 3.63) is 0 Å². The zero-order chi connectivity index (χ0) is 17.3. The molecule has 0 bridgehead atoms. The highest BCUT2D eigenvalue weighted by Gasteiger charge is 2.22. The molecule has 1 amide bonds. The first kappa shape index (κ1) is 20.2. The predicted molar refractivity (Wildman–Crippen MR) is 83.3 cm³/mol. The number of carbonyl (C=O) groups excluding carboxylic acids is 1. The van der Waals surface area contributed by atoms with Crippen LogP contribution in [0.2, 0.25) is 0 Å². The highest BCUT2D eigenvalue weighted by atomic mass is 32.1. The number of aliphatic carboxylic acids is 2. The Hall–Kier alpha value is -1.78. The maximum atomic E-state index is 10.9. The molecule has 1 aliphatic heterocycles. The Morgan fingerprint density at radius 1 is 1.45 bits per heavy atom. The summed E-state index contributed by atoms with van der Waals surface area (Å²) in [4.78, 5) is 34.6. The van der Waals surface area contributed by atoms with Crippen LogP contribution in [-0.4, -0.2) is 82.7 Å². The lowest BCUT2D eigenvalue weighted by atomic mass is 10.2. The van der Waals surface area contributed by atoms with E-state index in [4.69, 9.17) is 28.2 Å². The van der Waals surface area contributed by atoms with Crippen LogP contribution in [0.1, 0.15) is 12.8 Å². The monoisotopic (exact) mass is 334 g/mol. The molecule has 0 spiro atoms. The number of nitrogens with zero attached hydrogens (tertiary/aromatic N) is 2. The molecule has 0 aromatic rings. The van der Waals surface area contributed by atoms with Crippen LogP contribution in [0.4, 0.5) is 0 Å².